The second-order valence-electron chi connectivity index (χ2n) is 7.56. The standard InChI is InChI=1S/C21H24N2O4/c1-21(2)13-23(18-8-7-16(25-3)10-19(18)27-21)15-5-4-6-17(9-15)26-20(24)14-11-22-12-14/h4-10,14,22H,11-13H2,1-3H3. The van der Waals surface area contributed by atoms with Crippen LogP contribution in [0.25, 0.3) is 0 Å². The molecule has 2 aliphatic heterocycles. The molecule has 1 N–H and O–H groups in total. The van der Waals surface area contributed by atoms with E-state index >= 15 is 0 Å². The predicted octanol–water partition coefficient (Wildman–Crippen LogP) is 3.13. The van der Waals surface area contributed by atoms with Gasteiger partial charge in [0, 0.05) is 30.9 Å². The molecule has 1 saturated heterocycles. The largest absolute Gasteiger partial charge is 0.497 e. The summed E-state index contributed by atoms with van der Waals surface area (Å²) >= 11 is 0. The van der Waals surface area contributed by atoms with Gasteiger partial charge in [-0.25, -0.2) is 0 Å². The second kappa shape index (κ2) is 6.78. The first-order chi connectivity index (χ1) is 12.9. The van der Waals surface area contributed by atoms with E-state index in [1.54, 1.807) is 7.11 Å². The van der Waals surface area contributed by atoms with Crippen LogP contribution in [0, 0.1) is 5.92 Å². The molecule has 27 heavy (non-hydrogen) atoms. The molecule has 2 aromatic carbocycles. The number of nitrogens with one attached hydrogen (secondary N) is 1. The minimum Gasteiger partial charge on any atom is -0.497 e. The molecule has 0 aromatic heterocycles. The average molecular weight is 368 g/mol. The Morgan fingerprint density at radius 1 is 1.19 bits per heavy atom. The maximum atomic E-state index is 12.1. The third-order valence-corrected chi connectivity index (χ3v) is 4.85. The number of hydrogen-bond donors (Lipinski definition) is 1. The summed E-state index contributed by atoms with van der Waals surface area (Å²) in [6.45, 7) is 6.15. The maximum Gasteiger partial charge on any atom is 0.316 e. The lowest BCUT2D eigenvalue weighted by Gasteiger charge is -2.41. The van der Waals surface area contributed by atoms with E-state index in [-0.39, 0.29) is 17.5 Å². The van der Waals surface area contributed by atoms with Gasteiger partial charge in [-0.05, 0) is 38.1 Å². The van der Waals surface area contributed by atoms with Gasteiger partial charge < -0.3 is 24.4 Å². The number of carbonyl (C=O) groups is 1. The summed E-state index contributed by atoms with van der Waals surface area (Å²) < 4.78 is 17.0. The number of fused-ring (bicyclic) bond motifs is 1. The van der Waals surface area contributed by atoms with Crippen LogP contribution >= 0.6 is 0 Å². The van der Waals surface area contributed by atoms with E-state index in [0.29, 0.717) is 25.4 Å². The Bertz CT molecular complexity index is 861. The van der Waals surface area contributed by atoms with Crippen LogP contribution in [0.1, 0.15) is 13.8 Å². The predicted molar refractivity (Wildman–Crippen MR) is 103 cm³/mol. The van der Waals surface area contributed by atoms with Gasteiger partial charge in [0.1, 0.15) is 22.8 Å². The first kappa shape index (κ1) is 17.7. The van der Waals surface area contributed by atoms with Crippen LogP contribution in [0.5, 0.6) is 17.2 Å². The summed E-state index contributed by atoms with van der Waals surface area (Å²) in [6, 6.07) is 13.4. The molecule has 0 spiro atoms. The third-order valence-electron chi connectivity index (χ3n) is 4.85. The van der Waals surface area contributed by atoms with Crippen LogP contribution < -0.4 is 24.4 Å². The Kier molecular flexibility index (Phi) is 4.44. The third kappa shape index (κ3) is 3.57. The number of rotatable bonds is 4. The van der Waals surface area contributed by atoms with E-state index in [1.807, 2.05) is 42.5 Å². The van der Waals surface area contributed by atoms with Gasteiger partial charge in [-0.2, -0.15) is 0 Å². The number of anilines is 2. The topological polar surface area (TPSA) is 60.0 Å². The number of benzene rings is 2. The fourth-order valence-corrected chi connectivity index (χ4v) is 3.32. The normalized spacial score (nSPS) is 18.1. The van der Waals surface area contributed by atoms with E-state index in [4.69, 9.17) is 14.2 Å². The number of ether oxygens (including phenoxy) is 3. The monoisotopic (exact) mass is 368 g/mol. The second-order valence-corrected chi connectivity index (χ2v) is 7.56. The van der Waals surface area contributed by atoms with Crippen LogP contribution in [-0.4, -0.2) is 38.3 Å². The molecule has 0 bridgehead atoms. The molecule has 2 aliphatic rings. The van der Waals surface area contributed by atoms with Crippen molar-refractivity contribution in [2.24, 2.45) is 5.92 Å². The number of methoxy groups -OCH3 is 1. The fourth-order valence-electron chi connectivity index (χ4n) is 3.32. The van der Waals surface area contributed by atoms with Gasteiger partial charge >= 0.3 is 5.97 Å². The maximum absolute atomic E-state index is 12.1. The quantitative estimate of drug-likeness (QED) is 0.661. The molecular weight excluding hydrogens is 344 g/mol. The summed E-state index contributed by atoms with van der Waals surface area (Å²) in [7, 11) is 1.64. The van der Waals surface area contributed by atoms with Gasteiger partial charge in [-0.1, -0.05) is 6.07 Å². The highest BCUT2D eigenvalue weighted by atomic mass is 16.5. The molecule has 1 fully saturated rings. The zero-order valence-electron chi connectivity index (χ0n) is 15.8. The summed E-state index contributed by atoms with van der Waals surface area (Å²) in [5.74, 6) is 1.85. The van der Waals surface area contributed by atoms with Crippen molar-refractivity contribution >= 4 is 17.3 Å². The lowest BCUT2D eigenvalue weighted by Crippen LogP contribution is -2.48. The van der Waals surface area contributed by atoms with Crippen molar-refractivity contribution in [3.8, 4) is 17.2 Å². The zero-order valence-corrected chi connectivity index (χ0v) is 15.8. The Balaban J connectivity index is 1.64. The minimum atomic E-state index is -0.371. The Morgan fingerprint density at radius 2 is 2.00 bits per heavy atom. The average Bonchev–Trinajstić information content (AvgIpc) is 2.58. The molecule has 0 atom stereocenters. The van der Waals surface area contributed by atoms with Gasteiger partial charge in [-0.15, -0.1) is 0 Å². The van der Waals surface area contributed by atoms with E-state index < -0.39 is 0 Å². The van der Waals surface area contributed by atoms with E-state index in [1.165, 1.54) is 0 Å². The van der Waals surface area contributed by atoms with Crippen LogP contribution in [0.3, 0.4) is 0 Å². The van der Waals surface area contributed by atoms with E-state index in [2.05, 4.69) is 24.1 Å². The van der Waals surface area contributed by atoms with E-state index in [0.717, 1.165) is 22.9 Å². The molecule has 0 saturated carbocycles. The number of carbonyl (C=O) groups excluding carboxylic acids is 1. The molecular formula is C21H24N2O4. The molecule has 2 aromatic rings. The smallest absolute Gasteiger partial charge is 0.316 e. The number of esters is 1. The molecule has 0 radical (unpaired) electrons. The van der Waals surface area contributed by atoms with Crippen LogP contribution in [0.15, 0.2) is 42.5 Å². The highest BCUT2D eigenvalue weighted by Gasteiger charge is 2.33. The Morgan fingerprint density at radius 3 is 2.70 bits per heavy atom. The van der Waals surface area contributed by atoms with Crippen molar-refractivity contribution in [3.05, 3.63) is 42.5 Å². The van der Waals surface area contributed by atoms with Crippen LogP contribution in [0.4, 0.5) is 11.4 Å². The molecule has 142 valence electrons. The van der Waals surface area contributed by atoms with Gasteiger partial charge in [-0.3, -0.25) is 4.79 Å². The summed E-state index contributed by atoms with van der Waals surface area (Å²) in [6.07, 6.45) is 0. The highest BCUT2D eigenvalue weighted by Crippen LogP contribution is 2.43. The van der Waals surface area contributed by atoms with Crippen molar-refractivity contribution < 1.29 is 19.0 Å². The minimum absolute atomic E-state index is 0.0517. The number of nitrogens with zero attached hydrogens (tertiary/aromatic N) is 1. The van der Waals surface area contributed by atoms with Crippen molar-refractivity contribution in [1.82, 2.24) is 5.32 Å². The van der Waals surface area contributed by atoms with Crippen molar-refractivity contribution in [2.45, 2.75) is 19.4 Å². The molecule has 4 rings (SSSR count). The molecule has 6 nitrogen and oxygen atoms in total. The summed E-state index contributed by atoms with van der Waals surface area (Å²) in [5.41, 5.74) is 1.54. The molecule has 0 amide bonds. The SMILES string of the molecule is COc1ccc2c(c1)OC(C)(C)CN2c1cccc(OC(=O)C2CNC2)c1. The summed E-state index contributed by atoms with van der Waals surface area (Å²) in [4.78, 5) is 14.3. The van der Waals surface area contributed by atoms with E-state index in [9.17, 15) is 4.79 Å². The van der Waals surface area contributed by atoms with Gasteiger partial charge in [0.05, 0.1) is 25.3 Å². The lowest BCUT2D eigenvalue weighted by molar-refractivity contribution is -0.140. The Labute approximate surface area is 159 Å². The van der Waals surface area contributed by atoms with Crippen LogP contribution in [-0.2, 0) is 4.79 Å². The molecule has 6 heteroatoms. The molecule has 0 aliphatic carbocycles. The lowest BCUT2D eigenvalue weighted by atomic mass is 10.0. The molecule has 0 unspecified atom stereocenters. The van der Waals surface area contributed by atoms with Crippen molar-refractivity contribution in [1.29, 1.82) is 0 Å². The van der Waals surface area contributed by atoms with Crippen LogP contribution in [0.2, 0.25) is 0 Å². The summed E-state index contributed by atoms with van der Waals surface area (Å²) in [5, 5.41) is 3.09. The first-order valence-corrected chi connectivity index (χ1v) is 9.12. The fraction of sp³-hybridized carbons (Fsp3) is 0.381. The molecule has 2 heterocycles. The Hall–Kier alpha value is -2.73. The van der Waals surface area contributed by atoms with Gasteiger partial charge in [0.25, 0.3) is 0 Å². The van der Waals surface area contributed by atoms with Crippen molar-refractivity contribution in [3.63, 3.8) is 0 Å². The zero-order chi connectivity index (χ0) is 19.0. The van der Waals surface area contributed by atoms with Crippen molar-refractivity contribution in [2.75, 3.05) is 31.6 Å². The van der Waals surface area contributed by atoms with Gasteiger partial charge in [0.15, 0.2) is 0 Å². The first-order valence-electron chi connectivity index (χ1n) is 9.12. The van der Waals surface area contributed by atoms with Gasteiger partial charge in [0.2, 0.25) is 0 Å². The number of hydrogen-bond acceptors (Lipinski definition) is 6. The highest BCUT2D eigenvalue weighted by molar-refractivity contribution is 5.78.